The van der Waals surface area contributed by atoms with Gasteiger partial charge >= 0.3 is 5.97 Å². The number of pyridine rings is 1. The Balaban J connectivity index is 1.73. The van der Waals surface area contributed by atoms with Gasteiger partial charge in [-0.25, -0.2) is 0 Å². The number of benzene rings is 1. The van der Waals surface area contributed by atoms with E-state index in [2.05, 4.69) is 10.3 Å². The zero-order valence-corrected chi connectivity index (χ0v) is 18.1. The summed E-state index contributed by atoms with van der Waals surface area (Å²) in [4.78, 5) is 31.0. The van der Waals surface area contributed by atoms with Gasteiger partial charge in [-0.3, -0.25) is 20.0 Å². The number of nitrogen functional groups attached to an aromatic ring is 1. The molecule has 2 aromatic heterocycles. The van der Waals surface area contributed by atoms with Gasteiger partial charge in [-0.15, -0.1) is 11.3 Å². The molecular weight excluding hydrogens is 412 g/mol. The van der Waals surface area contributed by atoms with Crippen LogP contribution in [-0.4, -0.2) is 35.8 Å². The van der Waals surface area contributed by atoms with Crippen LogP contribution in [0.2, 0.25) is 0 Å². The van der Waals surface area contributed by atoms with Crippen molar-refractivity contribution in [2.24, 2.45) is 11.7 Å². The number of nitrogens with one attached hydrogen (secondary N) is 2. The molecule has 160 valence electrons. The SMILES string of the molecule is COC(=O)C(Cc1cccc(C(=N)N)c1)C(C)NC(=O)c1ccc(-c2ccccn2)s1. The van der Waals surface area contributed by atoms with Crippen LogP contribution in [0.15, 0.2) is 60.8 Å². The van der Waals surface area contributed by atoms with Crippen LogP contribution in [0.4, 0.5) is 0 Å². The van der Waals surface area contributed by atoms with E-state index in [0.717, 1.165) is 16.1 Å². The molecule has 0 saturated heterocycles. The van der Waals surface area contributed by atoms with Crippen molar-refractivity contribution >= 4 is 29.0 Å². The second-order valence-corrected chi connectivity index (χ2v) is 8.17. The van der Waals surface area contributed by atoms with Gasteiger partial charge in [-0.1, -0.05) is 24.3 Å². The lowest BCUT2D eigenvalue weighted by atomic mass is 9.92. The molecule has 0 aliphatic rings. The summed E-state index contributed by atoms with van der Waals surface area (Å²) in [5, 5.41) is 10.5. The van der Waals surface area contributed by atoms with Gasteiger partial charge in [-0.2, -0.15) is 0 Å². The number of esters is 1. The van der Waals surface area contributed by atoms with Crippen molar-refractivity contribution in [3.63, 3.8) is 0 Å². The number of nitrogens with two attached hydrogens (primary N) is 1. The number of thiophene rings is 1. The van der Waals surface area contributed by atoms with Crippen molar-refractivity contribution in [1.82, 2.24) is 10.3 Å². The third-order valence-corrected chi connectivity index (χ3v) is 6.01. The minimum Gasteiger partial charge on any atom is -0.469 e. The fourth-order valence-electron chi connectivity index (χ4n) is 3.22. The standard InChI is InChI=1S/C23H24N4O3S/c1-14(17(23(29)30-2)13-15-6-5-7-16(12-15)21(24)25)27-22(28)20-10-9-19(31-20)18-8-3-4-11-26-18/h3-12,14,17H,13H2,1-2H3,(H3,24,25)(H,27,28). The Morgan fingerprint density at radius 3 is 2.68 bits per heavy atom. The third-order valence-electron chi connectivity index (χ3n) is 4.91. The summed E-state index contributed by atoms with van der Waals surface area (Å²) in [5.41, 5.74) is 7.78. The molecule has 0 spiro atoms. The molecule has 2 unspecified atom stereocenters. The molecule has 3 aromatic rings. The molecule has 0 saturated carbocycles. The normalized spacial score (nSPS) is 12.6. The van der Waals surface area contributed by atoms with Crippen molar-refractivity contribution in [2.45, 2.75) is 19.4 Å². The molecule has 0 fully saturated rings. The van der Waals surface area contributed by atoms with Gasteiger partial charge in [0.1, 0.15) is 5.84 Å². The fraction of sp³-hybridized carbons (Fsp3) is 0.217. The van der Waals surface area contributed by atoms with Crippen LogP contribution in [0.25, 0.3) is 10.6 Å². The maximum atomic E-state index is 12.8. The first kappa shape index (κ1) is 22.2. The fourth-order valence-corrected chi connectivity index (χ4v) is 4.11. The molecular formula is C23H24N4O3S. The number of carbonyl (C=O) groups excluding carboxylic acids is 2. The number of hydrogen-bond acceptors (Lipinski definition) is 6. The van der Waals surface area contributed by atoms with E-state index in [4.69, 9.17) is 15.9 Å². The van der Waals surface area contributed by atoms with Crippen molar-refractivity contribution in [1.29, 1.82) is 5.41 Å². The Morgan fingerprint density at radius 2 is 2.00 bits per heavy atom. The van der Waals surface area contributed by atoms with E-state index < -0.39 is 17.9 Å². The van der Waals surface area contributed by atoms with Crippen LogP contribution in [0.1, 0.15) is 27.7 Å². The quantitative estimate of drug-likeness (QED) is 0.285. The predicted octanol–water partition coefficient (Wildman–Crippen LogP) is 3.24. The topological polar surface area (TPSA) is 118 Å². The van der Waals surface area contributed by atoms with E-state index in [1.807, 2.05) is 30.3 Å². The van der Waals surface area contributed by atoms with Gasteiger partial charge in [0.15, 0.2) is 0 Å². The third kappa shape index (κ3) is 5.55. The van der Waals surface area contributed by atoms with Crippen LogP contribution in [0, 0.1) is 11.3 Å². The summed E-state index contributed by atoms with van der Waals surface area (Å²) >= 11 is 1.34. The molecule has 2 heterocycles. The molecule has 1 amide bonds. The zero-order chi connectivity index (χ0) is 22.4. The minimum atomic E-state index is -0.591. The highest BCUT2D eigenvalue weighted by atomic mass is 32.1. The first-order valence-corrected chi connectivity index (χ1v) is 10.5. The Labute approximate surface area is 184 Å². The maximum Gasteiger partial charge on any atom is 0.311 e. The average Bonchev–Trinajstić information content (AvgIpc) is 3.28. The number of carbonyl (C=O) groups is 2. The smallest absolute Gasteiger partial charge is 0.311 e. The van der Waals surface area contributed by atoms with Gasteiger partial charge in [-0.05, 0) is 49.2 Å². The molecule has 31 heavy (non-hydrogen) atoms. The van der Waals surface area contributed by atoms with Gasteiger partial charge in [0, 0.05) is 17.8 Å². The monoisotopic (exact) mass is 436 g/mol. The van der Waals surface area contributed by atoms with Crippen LogP contribution in [0.3, 0.4) is 0 Å². The predicted molar refractivity (Wildman–Crippen MR) is 121 cm³/mol. The lowest BCUT2D eigenvalue weighted by molar-refractivity contribution is -0.146. The lowest BCUT2D eigenvalue weighted by Crippen LogP contribution is -2.42. The van der Waals surface area contributed by atoms with Crippen LogP contribution < -0.4 is 11.1 Å². The Bertz CT molecular complexity index is 1080. The largest absolute Gasteiger partial charge is 0.469 e. The van der Waals surface area contributed by atoms with E-state index in [9.17, 15) is 9.59 Å². The van der Waals surface area contributed by atoms with Crippen LogP contribution in [0.5, 0.6) is 0 Å². The Kier molecular flexibility index (Phi) is 7.15. The molecule has 7 nitrogen and oxygen atoms in total. The minimum absolute atomic E-state index is 0.0424. The van der Waals surface area contributed by atoms with Gasteiger partial charge in [0.25, 0.3) is 5.91 Å². The number of rotatable bonds is 8. The summed E-state index contributed by atoms with van der Waals surface area (Å²) in [6.07, 6.45) is 2.05. The summed E-state index contributed by atoms with van der Waals surface area (Å²) in [7, 11) is 1.33. The molecule has 0 aliphatic carbocycles. The van der Waals surface area contributed by atoms with Crippen LogP contribution >= 0.6 is 11.3 Å². The van der Waals surface area contributed by atoms with Gasteiger partial charge in [0.2, 0.25) is 0 Å². The first-order chi connectivity index (χ1) is 14.9. The maximum absolute atomic E-state index is 12.8. The van der Waals surface area contributed by atoms with E-state index >= 15 is 0 Å². The highest BCUT2D eigenvalue weighted by molar-refractivity contribution is 7.17. The number of aromatic nitrogens is 1. The molecule has 3 rings (SSSR count). The molecule has 1 aromatic carbocycles. The highest BCUT2D eigenvalue weighted by Crippen LogP contribution is 2.26. The second-order valence-electron chi connectivity index (χ2n) is 7.09. The van der Waals surface area contributed by atoms with Crippen molar-refractivity contribution in [3.05, 3.63) is 76.8 Å². The van der Waals surface area contributed by atoms with Crippen molar-refractivity contribution < 1.29 is 14.3 Å². The Hall–Kier alpha value is -3.52. The molecule has 8 heteroatoms. The molecule has 4 N–H and O–H groups in total. The van der Waals surface area contributed by atoms with E-state index in [1.165, 1.54) is 18.4 Å². The number of ether oxygens (including phenoxy) is 1. The molecule has 0 bridgehead atoms. The first-order valence-electron chi connectivity index (χ1n) is 9.72. The second kappa shape index (κ2) is 9.99. The van der Waals surface area contributed by atoms with Crippen molar-refractivity contribution in [3.8, 4) is 10.6 Å². The lowest BCUT2D eigenvalue weighted by Gasteiger charge is -2.23. The highest BCUT2D eigenvalue weighted by Gasteiger charge is 2.28. The van der Waals surface area contributed by atoms with Crippen LogP contribution in [-0.2, 0) is 16.0 Å². The Morgan fingerprint density at radius 1 is 1.19 bits per heavy atom. The average molecular weight is 437 g/mol. The summed E-state index contributed by atoms with van der Waals surface area (Å²) in [6, 6.07) is 15.9. The zero-order valence-electron chi connectivity index (χ0n) is 17.3. The van der Waals surface area contributed by atoms with E-state index in [-0.39, 0.29) is 11.7 Å². The van der Waals surface area contributed by atoms with Gasteiger partial charge in [0.05, 0.1) is 28.5 Å². The van der Waals surface area contributed by atoms with Gasteiger partial charge < -0.3 is 15.8 Å². The number of amides is 1. The number of hydrogen-bond donors (Lipinski definition) is 3. The molecule has 0 radical (unpaired) electrons. The summed E-state index contributed by atoms with van der Waals surface area (Å²) in [5.74, 6) is -1.31. The molecule has 0 aliphatic heterocycles. The van der Waals surface area contributed by atoms with E-state index in [1.54, 1.807) is 37.4 Å². The number of methoxy groups -OCH3 is 1. The molecule has 2 atom stereocenters. The number of nitrogens with zero attached hydrogens (tertiary/aromatic N) is 1. The van der Waals surface area contributed by atoms with Crippen molar-refractivity contribution in [2.75, 3.05) is 7.11 Å². The summed E-state index contributed by atoms with van der Waals surface area (Å²) in [6.45, 7) is 1.78. The number of amidine groups is 1. The van der Waals surface area contributed by atoms with E-state index in [0.29, 0.717) is 16.9 Å². The summed E-state index contributed by atoms with van der Waals surface area (Å²) < 4.78 is 4.97.